The Kier molecular flexibility index (Phi) is 5.49. The molecule has 6 heteroatoms. The van der Waals surface area contributed by atoms with Gasteiger partial charge in [-0.05, 0) is 25.0 Å². The molecule has 0 spiro atoms. The van der Waals surface area contributed by atoms with Crippen LogP contribution < -0.4 is 0 Å². The van der Waals surface area contributed by atoms with Gasteiger partial charge < -0.3 is 14.4 Å². The van der Waals surface area contributed by atoms with E-state index in [2.05, 4.69) is 0 Å². The molecule has 0 aliphatic heterocycles. The number of carboxylic acids is 1. The van der Waals surface area contributed by atoms with Crippen molar-refractivity contribution < 1.29 is 14.7 Å². The Morgan fingerprint density at radius 1 is 1.14 bits per heavy atom. The molecule has 0 atom stereocenters. The maximum Gasteiger partial charge on any atom is 0.337 e. The van der Waals surface area contributed by atoms with Crippen LogP contribution in [0.5, 0.6) is 0 Å². The number of hydrogen-bond acceptors (Lipinski definition) is 3. The second-order valence-corrected chi connectivity index (χ2v) is 7.57. The van der Waals surface area contributed by atoms with Crippen LogP contribution in [0.2, 0.25) is 0 Å². The lowest BCUT2D eigenvalue weighted by molar-refractivity contribution is -0.131. The Balaban J connectivity index is 2.11. The van der Waals surface area contributed by atoms with E-state index in [1.165, 1.54) is 0 Å². The van der Waals surface area contributed by atoms with Crippen LogP contribution in [-0.4, -0.2) is 38.3 Å². The number of imidazole rings is 1. The molecule has 0 fully saturated rings. The van der Waals surface area contributed by atoms with Gasteiger partial charge in [-0.1, -0.05) is 43.7 Å². The molecule has 0 aliphatic carbocycles. The number of aryl methyl sites for hydroxylation is 1. The van der Waals surface area contributed by atoms with Crippen LogP contribution in [0, 0.1) is 12.8 Å². The van der Waals surface area contributed by atoms with Gasteiger partial charge in [0, 0.05) is 25.2 Å². The van der Waals surface area contributed by atoms with E-state index in [-0.39, 0.29) is 17.4 Å². The summed E-state index contributed by atoms with van der Waals surface area (Å²) in [6, 6.07) is 11.3. The fraction of sp³-hybridized carbons (Fsp3) is 0.318. The van der Waals surface area contributed by atoms with Gasteiger partial charge in [0.1, 0.15) is 5.65 Å². The number of hydrogen-bond donors (Lipinski definition) is 1. The number of amides is 1. The number of aromatic nitrogens is 2. The van der Waals surface area contributed by atoms with Gasteiger partial charge in [0.05, 0.1) is 23.5 Å². The van der Waals surface area contributed by atoms with Crippen LogP contribution >= 0.6 is 0 Å². The molecule has 2 heterocycles. The van der Waals surface area contributed by atoms with E-state index in [1.807, 2.05) is 45.0 Å². The van der Waals surface area contributed by atoms with E-state index >= 15 is 0 Å². The normalized spacial score (nSPS) is 11.2. The standard InChI is InChI=1S/C22H25N3O3/c1-14(2)11-20(26)24(4)13-18-21(16-7-5-15(3)6-8-16)23-19-10-9-17(22(27)28)12-25(18)19/h5-10,12,14H,11,13H2,1-4H3,(H,27,28). The summed E-state index contributed by atoms with van der Waals surface area (Å²) in [7, 11) is 1.77. The second kappa shape index (κ2) is 7.84. The lowest BCUT2D eigenvalue weighted by Crippen LogP contribution is -2.28. The van der Waals surface area contributed by atoms with Crippen molar-refractivity contribution in [2.75, 3.05) is 7.05 Å². The summed E-state index contributed by atoms with van der Waals surface area (Å²) in [5, 5.41) is 9.36. The van der Waals surface area contributed by atoms with E-state index in [0.29, 0.717) is 18.6 Å². The average Bonchev–Trinajstić information content (AvgIpc) is 2.99. The molecular weight excluding hydrogens is 354 g/mol. The predicted molar refractivity (Wildman–Crippen MR) is 108 cm³/mol. The summed E-state index contributed by atoms with van der Waals surface area (Å²) in [6.07, 6.45) is 2.03. The summed E-state index contributed by atoms with van der Waals surface area (Å²) in [4.78, 5) is 30.3. The minimum atomic E-state index is -0.998. The minimum Gasteiger partial charge on any atom is -0.478 e. The van der Waals surface area contributed by atoms with Crippen molar-refractivity contribution in [3.05, 3.63) is 59.4 Å². The summed E-state index contributed by atoms with van der Waals surface area (Å²) in [5.74, 6) is -0.677. The first kappa shape index (κ1) is 19.6. The van der Waals surface area contributed by atoms with Crippen LogP contribution in [0.4, 0.5) is 0 Å². The Labute approximate surface area is 164 Å². The lowest BCUT2D eigenvalue weighted by Gasteiger charge is -2.19. The zero-order valence-corrected chi connectivity index (χ0v) is 16.6. The minimum absolute atomic E-state index is 0.0502. The molecular formula is C22H25N3O3. The van der Waals surface area contributed by atoms with Crippen molar-refractivity contribution in [2.24, 2.45) is 5.92 Å². The molecule has 146 valence electrons. The first-order valence-corrected chi connectivity index (χ1v) is 9.31. The van der Waals surface area contributed by atoms with E-state index < -0.39 is 5.97 Å². The van der Waals surface area contributed by atoms with E-state index in [1.54, 1.807) is 34.7 Å². The zero-order chi connectivity index (χ0) is 20.4. The molecule has 1 N–H and O–H groups in total. The highest BCUT2D eigenvalue weighted by Crippen LogP contribution is 2.26. The van der Waals surface area contributed by atoms with E-state index in [0.717, 1.165) is 22.5 Å². The van der Waals surface area contributed by atoms with Crippen LogP contribution in [0.25, 0.3) is 16.9 Å². The highest BCUT2D eigenvalue weighted by molar-refractivity contribution is 5.87. The number of carboxylic acid groups (broad SMARTS) is 1. The first-order valence-electron chi connectivity index (χ1n) is 9.31. The second-order valence-electron chi connectivity index (χ2n) is 7.57. The first-order chi connectivity index (χ1) is 13.3. The molecule has 0 unspecified atom stereocenters. The molecule has 6 nitrogen and oxygen atoms in total. The van der Waals surface area contributed by atoms with E-state index in [4.69, 9.17) is 4.98 Å². The smallest absolute Gasteiger partial charge is 0.337 e. The molecule has 0 bridgehead atoms. The molecule has 0 radical (unpaired) electrons. The molecule has 1 aromatic carbocycles. The number of aromatic carboxylic acids is 1. The Hall–Kier alpha value is -3.15. The zero-order valence-electron chi connectivity index (χ0n) is 16.6. The molecule has 0 saturated carbocycles. The van der Waals surface area contributed by atoms with Crippen molar-refractivity contribution in [3.8, 4) is 11.3 Å². The van der Waals surface area contributed by atoms with Crippen molar-refractivity contribution in [2.45, 2.75) is 33.7 Å². The van der Waals surface area contributed by atoms with Crippen LogP contribution in [-0.2, 0) is 11.3 Å². The number of nitrogens with zero attached hydrogens (tertiary/aromatic N) is 3. The monoisotopic (exact) mass is 379 g/mol. The summed E-state index contributed by atoms with van der Waals surface area (Å²) in [5.41, 5.74) is 4.46. The van der Waals surface area contributed by atoms with Gasteiger partial charge in [0.2, 0.25) is 5.91 Å². The van der Waals surface area contributed by atoms with Crippen molar-refractivity contribution in [1.82, 2.24) is 14.3 Å². The maximum atomic E-state index is 12.5. The fourth-order valence-electron chi connectivity index (χ4n) is 3.13. The number of fused-ring (bicyclic) bond motifs is 1. The largest absolute Gasteiger partial charge is 0.478 e. The van der Waals surface area contributed by atoms with Gasteiger partial charge in [-0.2, -0.15) is 0 Å². The van der Waals surface area contributed by atoms with Gasteiger partial charge >= 0.3 is 5.97 Å². The van der Waals surface area contributed by atoms with E-state index in [9.17, 15) is 14.7 Å². The Morgan fingerprint density at radius 2 is 1.82 bits per heavy atom. The topological polar surface area (TPSA) is 74.9 Å². The number of carbonyl (C=O) groups is 2. The molecule has 28 heavy (non-hydrogen) atoms. The van der Waals surface area contributed by atoms with Gasteiger partial charge in [-0.15, -0.1) is 0 Å². The highest BCUT2D eigenvalue weighted by Gasteiger charge is 2.19. The van der Waals surface area contributed by atoms with Crippen molar-refractivity contribution >= 4 is 17.5 Å². The van der Waals surface area contributed by atoms with Crippen molar-refractivity contribution in [1.29, 1.82) is 0 Å². The highest BCUT2D eigenvalue weighted by atomic mass is 16.4. The van der Waals surface area contributed by atoms with Gasteiger partial charge in [0.15, 0.2) is 0 Å². The number of pyridine rings is 1. The number of rotatable bonds is 6. The van der Waals surface area contributed by atoms with Crippen molar-refractivity contribution in [3.63, 3.8) is 0 Å². The summed E-state index contributed by atoms with van der Waals surface area (Å²) in [6.45, 7) is 6.39. The molecule has 0 saturated heterocycles. The Morgan fingerprint density at radius 3 is 2.43 bits per heavy atom. The third kappa shape index (κ3) is 4.06. The predicted octanol–water partition coefficient (Wildman–Crippen LogP) is 4.01. The third-order valence-corrected chi connectivity index (χ3v) is 4.68. The van der Waals surface area contributed by atoms with Crippen LogP contribution in [0.15, 0.2) is 42.6 Å². The molecule has 2 aromatic heterocycles. The molecule has 3 rings (SSSR count). The number of benzene rings is 1. The quantitative estimate of drug-likeness (QED) is 0.702. The molecule has 3 aromatic rings. The Bertz CT molecular complexity index is 1020. The van der Waals surface area contributed by atoms with Crippen LogP contribution in [0.3, 0.4) is 0 Å². The molecule has 0 aliphatic rings. The average molecular weight is 379 g/mol. The SMILES string of the molecule is Cc1ccc(-c2nc3ccc(C(=O)O)cn3c2CN(C)C(=O)CC(C)C)cc1. The van der Waals surface area contributed by atoms with Gasteiger partial charge in [0.25, 0.3) is 0 Å². The fourth-order valence-corrected chi connectivity index (χ4v) is 3.13. The lowest BCUT2D eigenvalue weighted by atomic mass is 10.1. The molecule has 1 amide bonds. The third-order valence-electron chi connectivity index (χ3n) is 4.68. The summed E-state index contributed by atoms with van der Waals surface area (Å²) >= 11 is 0. The van der Waals surface area contributed by atoms with Gasteiger partial charge in [-0.3, -0.25) is 4.79 Å². The summed E-state index contributed by atoms with van der Waals surface area (Å²) < 4.78 is 1.78. The maximum absolute atomic E-state index is 12.5. The van der Waals surface area contributed by atoms with Crippen LogP contribution in [0.1, 0.15) is 41.9 Å². The number of carbonyl (C=O) groups excluding carboxylic acids is 1. The van der Waals surface area contributed by atoms with Gasteiger partial charge in [-0.25, -0.2) is 9.78 Å².